The highest BCUT2D eigenvalue weighted by atomic mass is 127. The van der Waals surface area contributed by atoms with Crippen LogP contribution in [0.1, 0.15) is 24.0 Å². The highest BCUT2D eigenvalue weighted by molar-refractivity contribution is 14.0. The Morgan fingerprint density at radius 3 is 2.18 bits per heavy atom. The molecule has 0 aliphatic heterocycles. The van der Waals surface area contributed by atoms with E-state index in [2.05, 4.69) is 64.2 Å². The number of aliphatic imine (C=N–C) groups is 1. The Labute approximate surface area is 186 Å². The number of hydrogen-bond donors (Lipinski definition) is 2. The van der Waals surface area contributed by atoms with Crippen LogP contribution in [-0.4, -0.2) is 46.0 Å². The van der Waals surface area contributed by atoms with E-state index in [1.165, 1.54) is 11.1 Å². The van der Waals surface area contributed by atoms with Gasteiger partial charge in [-0.25, -0.2) is 8.42 Å². The number of halogens is 1. The topological polar surface area (TPSA) is 70.6 Å². The second-order valence-electron chi connectivity index (χ2n) is 6.41. The molecule has 0 aliphatic rings. The second-order valence-corrected chi connectivity index (χ2v) is 8.89. The van der Waals surface area contributed by atoms with E-state index >= 15 is 0 Å². The Morgan fingerprint density at radius 1 is 1.00 bits per heavy atom. The van der Waals surface area contributed by atoms with Gasteiger partial charge in [-0.3, -0.25) is 4.99 Å². The van der Waals surface area contributed by atoms with Crippen molar-refractivity contribution in [1.29, 1.82) is 0 Å². The molecule has 154 valence electrons. The van der Waals surface area contributed by atoms with Crippen LogP contribution >= 0.6 is 24.0 Å². The number of hydrogen-bond acceptors (Lipinski definition) is 3. The minimum atomic E-state index is -2.98. The lowest BCUT2D eigenvalue weighted by atomic mass is 9.92. The van der Waals surface area contributed by atoms with Crippen molar-refractivity contribution in [2.24, 2.45) is 4.99 Å². The molecule has 5 nitrogen and oxygen atoms in total. The molecule has 0 fully saturated rings. The van der Waals surface area contributed by atoms with E-state index in [9.17, 15) is 8.42 Å². The SMILES string of the molecule is CCS(=O)(=O)CCNC(=NC)NCC(Cc1ccccc1)c1ccccc1.I. The lowest BCUT2D eigenvalue weighted by Gasteiger charge is -2.20. The van der Waals surface area contributed by atoms with Crippen molar-refractivity contribution in [3.63, 3.8) is 0 Å². The van der Waals surface area contributed by atoms with Crippen molar-refractivity contribution in [1.82, 2.24) is 10.6 Å². The normalized spacial score (nSPS) is 12.7. The van der Waals surface area contributed by atoms with Crippen LogP contribution in [0.2, 0.25) is 0 Å². The minimum Gasteiger partial charge on any atom is -0.356 e. The fourth-order valence-corrected chi connectivity index (χ4v) is 3.54. The standard InChI is InChI=1S/C21H29N3O2S.HI/c1-3-27(25,26)15-14-23-21(22-2)24-17-20(19-12-8-5-9-13-19)16-18-10-6-4-7-11-18;/h4-13,20H,3,14-17H2,1-2H3,(H2,22,23,24);1H. The number of nitrogens with zero attached hydrogens (tertiary/aromatic N) is 1. The summed E-state index contributed by atoms with van der Waals surface area (Å²) in [6, 6.07) is 20.8. The van der Waals surface area contributed by atoms with E-state index in [1.54, 1.807) is 14.0 Å². The molecule has 28 heavy (non-hydrogen) atoms. The summed E-state index contributed by atoms with van der Waals surface area (Å²) in [6.07, 6.45) is 0.916. The van der Waals surface area contributed by atoms with Crippen LogP contribution in [0.25, 0.3) is 0 Å². The maximum absolute atomic E-state index is 11.6. The zero-order chi connectivity index (χ0) is 19.5. The van der Waals surface area contributed by atoms with E-state index < -0.39 is 9.84 Å². The summed E-state index contributed by atoms with van der Waals surface area (Å²) in [5, 5.41) is 6.43. The molecule has 0 spiro atoms. The zero-order valence-corrected chi connectivity index (χ0v) is 19.6. The summed E-state index contributed by atoms with van der Waals surface area (Å²) in [6.45, 7) is 2.72. The van der Waals surface area contributed by atoms with Crippen LogP contribution in [-0.2, 0) is 16.3 Å². The third kappa shape index (κ3) is 8.60. The molecule has 0 amide bonds. The Balaban J connectivity index is 0.00000392. The van der Waals surface area contributed by atoms with E-state index in [0.717, 1.165) is 6.42 Å². The van der Waals surface area contributed by atoms with Gasteiger partial charge in [0.2, 0.25) is 0 Å². The van der Waals surface area contributed by atoms with Gasteiger partial charge in [-0.05, 0) is 17.5 Å². The van der Waals surface area contributed by atoms with Crippen molar-refractivity contribution < 1.29 is 8.42 Å². The number of rotatable bonds is 9. The summed E-state index contributed by atoms with van der Waals surface area (Å²) < 4.78 is 23.2. The van der Waals surface area contributed by atoms with E-state index in [0.29, 0.717) is 19.0 Å². The summed E-state index contributed by atoms with van der Waals surface area (Å²) in [5.74, 6) is 1.17. The van der Waals surface area contributed by atoms with Gasteiger partial charge in [-0.15, -0.1) is 24.0 Å². The number of sulfone groups is 1. The summed E-state index contributed by atoms with van der Waals surface area (Å²) in [5.41, 5.74) is 2.54. The van der Waals surface area contributed by atoms with Gasteiger partial charge in [0, 0.05) is 31.8 Å². The molecule has 2 aromatic rings. The molecule has 0 aromatic heterocycles. The highest BCUT2D eigenvalue weighted by Crippen LogP contribution is 2.20. The maximum Gasteiger partial charge on any atom is 0.191 e. The monoisotopic (exact) mass is 515 g/mol. The molecule has 1 atom stereocenters. The first kappa shape index (κ1) is 24.4. The van der Waals surface area contributed by atoms with Crippen molar-refractivity contribution in [3.8, 4) is 0 Å². The van der Waals surface area contributed by atoms with Crippen LogP contribution in [0.4, 0.5) is 0 Å². The molecule has 0 saturated carbocycles. The smallest absolute Gasteiger partial charge is 0.191 e. The fourth-order valence-electron chi connectivity index (χ4n) is 2.84. The third-order valence-corrected chi connectivity index (χ3v) is 6.19. The van der Waals surface area contributed by atoms with Crippen molar-refractivity contribution in [2.75, 3.05) is 31.6 Å². The lowest BCUT2D eigenvalue weighted by Crippen LogP contribution is -2.41. The number of benzene rings is 2. The molecule has 0 heterocycles. The van der Waals surface area contributed by atoms with Gasteiger partial charge in [0.05, 0.1) is 5.75 Å². The predicted molar refractivity (Wildman–Crippen MR) is 128 cm³/mol. The molecule has 2 aromatic carbocycles. The fraction of sp³-hybridized carbons (Fsp3) is 0.381. The first-order valence-corrected chi connectivity index (χ1v) is 11.1. The van der Waals surface area contributed by atoms with Crippen molar-refractivity contribution in [2.45, 2.75) is 19.3 Å². The molecule has 0 aliphatic carbocycles. The van der Waals surface area contributed by atoms with Gasteiger partial charge in [0.15, 0.2) is 15.8 Å². The molecule has 7 heteroatoms. The Hall–Kier alpha value is -1.61. The van der Waals surface area contributed by atoms with Crippen molar-refractivity contribution in [3.05, 3.63) is 71.8 Å². The predicted octanol–water partition coefficient (Wildman–Crippen LogP) is 3.23. The molecule has 2 N–H and O–H groups in total. The lowest BCUT2D eigenvalue weighted by molar-refractivity contribution is 0.595. The number of nitrogens with one attached hydrogen (secondary N) is 2. The van der Waals surface area contributed by atoms with Crippen molar-refractivity contribution >= 4 is 39.8 Å². The second kappa shape index (κ2) is 12.8. The molecular weight excluding hydrogens is 485 g/mol. The van der Waals surface area contributed by atoms with Gasteiger partial charge in [-0.1, -0.05) is 67.6 Å². The maximum atomic E-state index is 11.6. The van der Waals surface area contributed by atoms with Crippen LogP contribution in [0.3, 0.4) is 0 Å². The van der Waals surface area contributed by atoms with Gasteiger partial charge >= 0.3 is 0 Å². The third-order valence-electron chi connectivity index (χ3n) is 4.48. The quantitative estimate of drug-likeness (QED) is 0.306. The molecule has 1 unspecified atom stereocenters. The molecular formula is C21H30IN3O2S. The highest BCUT2D eigenvalue weighted by Gasteiger charge is 2.13. The van der Waals surface area contributed by atoms with Crippen LogP contribution in [0.5, 0.6) is 0 Å². The van der Waals surface area contributed by atoms with Crippen LogP contribution < -0.4 is 10.6 Å². The first-order chi connectivity index (χ1) is 13.0. The largest absolute Gasteiger partial charge is 0.356 e. The summed E-state index contributed by atoms with van der Waals surface area (Å²) >= 11 is 0. The van der Waals surface area contributed by atoms with E-state index in [-0.39, 0.29) is 41.4 Å². The molecule has 2 rings (SSSR count). The van der Waals surface area contributed by atoms with E-state index in [4.69, 9.17) is 0 Å². The van der Waals surface area contributed by atoms with Gasteiger partial charge in [0.1, 0.15) is 0 Å². The summed E-state index contributed by atoms with van der Waals surface area (Å²) in [4.78, 5) is 4.21. The van der Waals surface area contributed by atoms with Gasteiger partial charge in [-0.2, -0.15) is 0 Å². The minimum absolute atomic E-state index is 0. The molecule has 0 saturated heterocycles. The Kier molecular flexibility index (Phi) is 11.1. The average molecular weight is 515 g/mol. The molecule has 0 bridgehead atoms. The van der Waals surface area contributed by atoms with Gasteiger partial charge in [0.25, 0.3) is 0 Å². The van der Waals surface area contributed by atoms with Crippen LogP contribution in [0, 0.1) is 0 Å². The van der Waals surface area contributed by atoms with Gasteiger partial charge < -0.3 is 10.6 Å². The Bertz CT molecular complexity index is 812. The molecule has 0 radical (unpaired) electrons. The van der Waals surface area contributed by atoms with E-state index in [1.807, 2.05) is 12.1 Å². The Morgan fingerprint density at radius 2 is 1.61 bits per heavy atom. The first-order valence-electron chi connectivity index (χ1n) is 9.28. The number of guanidine groups is 1. The van der Waals surface area contributed by atoms with Crippen LogP contribution in [0.15, 0.2) is 65.7 Å². The summed E-state index contributed by atoms with van der Waals surface area (Å²) in [7, 11) is -1.29. The average Bonchev–Trinajstić information content (AvgIpc) is 2.71. The zero-order valence-electron chi connectivity index (χ0n) is 16.5.